The maximum absolute atomic E-state index is 9.40. The first-order chi connectivity index (χ1) is 9.15. The van der Waals surface area contributed by atoms with Crippen LogP contribution in [0.25, 0.3) is 0 Å². The predicted octanol–water partition coefficient (Wildman–Crippen LogP) is 2.29. The third-order valence-corrected chi connectivity index (χ3v) is 2.92. The Morgan fingerprint density at radius 1 is 1.37 bits per heavy atom. The molecule has 1 unspecified atom stereocenters. The molecule has 1 rings (SSSR count). The minimum atomic E-state index is 0.311. The molecule has 0 heterocycles. The van der Waals surface area contributed by atoms with E-state index in [4.69, 9.17) is 0 Å². The second-order valence-corrected chi connectivity index (χ2v) is 4.63. The number of hydrogen-bond acceptors (Lipinski definition) is 2. The molecule has 0 saturated carbocycles. The van der Waals surface area contributed by atoms with Gasteiger partial charge in [-0.25, -0.2) is 0 Å². The number of phenols is 1. The van der Waals surface area contributed by atoms with Gasteiger partial charge in [-0.1, -0.05) is 19.1 Å². The lowest BCUT2D eigenvalue weighted by molar-refractivity contribution is 0.474. The molecule has 1 aromatic carbocycles. The number of hydrogen-bond donors (Lipinski definition) is 3. The van der Waals surface area contributed by atoms with Crippen LogP contribution in [0.1, 0.15) is 32.8 Å². The Morgan fingerprint density at radius 2 is 2.16 bits per heavy atom. The largest absolute Gasteiger partial charge is 0.508 e. The Bertz CT molecular complexity index is 404. The van der Waals surface area contributed by atoms with Crippen LogP contribution in [0.15, 0.2) is 29.3 Å². The smallest absolute Gasteiger partial charge is 0.191 e. The highest BCUT2D eigenvalue weighted by Gasteiger charge is 2.02. The molecular weight excluding hydrogens is 238 g/mol. The number of nitrogens with one attached hydrogen (secondary N) is 2. The van der Waals surface area contributed by atoms with E-state index < -0.39 is 0 Å². The number of aliphatic imine (C=N–C) groups is 1. The van der Waals surface area contributed by atoms with Crippen LogP contribution in [0, 0.1) is 0 Å². The second-order valence-electron chi connectivity index (χ2n) is 4.63. The number of nitrogens with zero attached hydrogens (tertiary/aromatic N) is 1. The first-order valence-corrected chi connectivity index (χ1v) is 6.98. The lowest BCUT2D eigenvalue weighted by atomic mass is 10.1. The van der Waals surface area contributed by atoms with Crippen molar-refractivity contribution in [1.29, 1.82) is 0 Å². The van der Waals surface area contributed by atoms with Crippen molar-refractivity contribution in [2.75, 3.05) is 13.1 Å². The fourth-order valence-electron chi connectivity index (χ4n) is 1.66. The zero-order chi connectivity index (χ0) is 14.1. The van der Waals surface area contributed by atoms with Crippen molar-refractivity contribution in [3.05, 3.63) is 29.8 Å². The van der Waals surface area contributed by atoms with Crippen LogP contribution in [0.3, 0.4) is 0 Å². The monoisotopic (exact) mass is 263 g/mol. The molecule has 0 aliphatic rings. The Kier molecular flexibility index (Phi) is 6.79. The van der Waals surface area contributed by atoms with Gasteiger partial charge in [-0.3, -0.25) is 4.99 Å². The summed E-state index contributed by atoms with van der Waals surface area (Å²) in [5.74, 6) is 1.17. The molecule has 1 aromatic rings. The topological polar surface area (TPSA) is 56.7 Å². The van der Waals surface area contributed by atoms with E-state index >= 15 is 0 Å². The summed E-state index contributed by atoms with van der Waals surface area (Å²) in [6.45, 7) is 7.91. The number of benzene rings is 1. The van der Waals surface area contributed by atoms with E-state index in [9.17, 15) is 5.11 Å². The molecule has 0 radical (unpaired) electrons. The molecule has 4 heteroatoms. The molecule has 0 amide bonds. The van der Waals surface area contributed by atoms with Crippen molar-refractivity contribution in [1.82, 2.24) is 10.6 Å². The number of aromatic hydroxyl groups is 1. The molecule has 0 aliphatic carbocycles. The third kappa shape index (κ3) is 6.13. The highest BCUT2D eigenvalue weighted by atomic mass is 16.3. The quantitative estimate of drug-likeness (QED) is 0.545. The Morgan fingerprint density at radius 3 is 2.79 bits per heavy atom. The Balaban J connectivity index is 2.51. The fraction of sp³-hybridized carbons (Fsp3) is 0.533. The summed E-state index contributed by atoms with van der Waals surface area (Å²) in [4.78, 5) is 4.54. The summed E-state index contributed by atoms with van der Waals surface area (Å²) in [7, 11) is 0. The third-order valence-electron chi connectivity index (χ3n) is 2.92. The first kappa shape index (κ1) is 15.3. The van der Waals surface area contributed by atoms with Crippen LogP contribution in [-0.2, 0) is 6.42 Å². The van der Waals surface area contributed by atoms with Crippen molar-refractivity contribution in [2.24, 2.45) is 4.99 Å². The van der Waals surface area contributed by atoms with Crippen LogP contribution in [0.5, 0.6) is 5.75 Å². The molecular formula is C15H25N3O. The fourth-order valence-corrected chi connectivity index (χ4v) is 1.66. The molecule has 4 nitrogen and oxygen atoms in total. The van der Waals surface area contributed by atoms with E-state index in [1.807, 2.05) is 12.1 Å². The maximum atomic E-state index is 9.40. The summed E-state index contributed by atoms with van der Waals surface area (Å²) in [5, 5.41) is 16.0. The van der Waals surface area contributed by atoms with Crippen LogP contribution in [0.4, 0.5) is 0 Å². The molecule has 0 aromatic heterocycles. The minimum absolute atomic E-state index is 0.311. The Labute approximate surface area is 116 Å². The van der Waals surface area contributed by atoms with E-state index in [-0.39, 0.29) is 0 Å². The average molecular weight is 263 g/mol. The normalized spacial score (nSPS) is 13.1. The van der Waals surface area contributed by atoms with Gasteiger partial charge < -0.3 is 15.7 Å². The van der Waals surface area contributed by atoms with Gasteiger partial charge in [0.1, 0.15) is 5.75 Å². The highest BCUT2D eigenvalue weighted by Crippen LogP contribution is 2.11. The van der Waals surface area contributed by atoms with Crippen molar-refractivity contribution < 1.29 is 5.11 Å². The van der Waals surface area contributed by atoms with E-state index in [2.05, 4.69) is 36.4 Å². The summed E-state index contributed by atoms with van der Waals surface area (Å²) in [6, 6.07) is 7.74. The first-order valence-electron chi connectivity index (χ1n) is 6.98. The SMILES string of the molecule is CCNC(=NCCc1cccc(O)c1)NC(C)CC. The van der Waals surface area contributed by atoms with Gasteiger partial charge in [-0.2, -0.15) is 0 Å². The summed E-state index contributed by atoms with van der Waals surface area (Å²) in [6.07, 6.45) is 1.89. The summed E-state index contributed by atoms with van der Waals surface area (Å²) in [5.41, 5.74) is 1.10. The molecule has 106 valence electrons. The Hall–Kier alpha value is -1.71. The maximum Gasteiger partial charge on any atom is 0.191 e. The van der Waals surface area contributed by atoms with Crippen LogP contribution < -0.4 is 10.6 Å². The van der Waals surface area contributed by atoms with Crippen molar-refractivity contribution in [3.63, 3.8) is 0 Å². The lowest BCUT2D eigenvalue weighted by Gasteiger charge is -2.16. The molecule has 0 saturated heterocycles. The zero-order valence-corrected chi connectivity index (χ0v) is 12.1. The van der Waals surface area contributed by atoms with E-state index in [1.165, 1.54) is 0 Å². The number of rotatable bonds is 6. The van der Waals surface area contributed by atoms with Gasteiger partial charge in [-0.05, 0) is 44.4 Å². The van der Waals surface area contributed by atoms with Gasteiger partial charge in [0.2, 0.25) is 0 Å². The van der Waals surface area contributed by atoms with Crippen molar-refractivity contribution in [2.45, 2.75) is 39.7 Å². The van der Waals surface area contributed by atoms with Crippen LogP contribution in [0.2, 0.25) is 0 Å². The van der Waals surface area contributed by atoms with Gasteiger partial charge >= 0.3 is 0 Å². The van der Waals surface area contributed by atoms with E-state index in [0.29, 0.717) is 18.3 Å². The van der Waals surface area contributed by atoms with E-state index in [0.717, 1.165) is 30.9 Å². The molecule has 3 N–H and O–H groups in total. The predicted molar refractivity (Wildman–Crippen MR) is 80.7 cm³/mol. The second kappa shape index (κ2) is 8.40. The van der Waals surface area contributed by atoms with Crippen molar-refractivity contribution >= 4 is 5.96 Å². The molecule has 0 spiro atoms. The standard InChI is InChI=1S/C15H25N3O/c1-4-12(3)18-15(16-5-2)17-10-9-13-7-6-8-14(19)11-13/h6-8,11-12,19H,4-5,9-10H2,1-3H3,(H2,16,17,18). The molecule has 0 bridgehead atoms. The van der Waals surface area contributed by atoms with Gasteiger partial charge in [0, 0.05) is 19.1 Å². The van der Waals surface area contributed by atoms with Gasteiger partial charge in [0.25, 0.3) is 0 Å². The van der Waals surface area contributed by atoms with Gasteiger partial charge in [-0.15, -0.1) is 0 Å². The highest BCUT2D eigenvalue weighted by molar-refractivity contribution is 5.80. The molecule has 0 aliphatic heterocycles. The summed E-state index contributed by atoms with van der Waals surface area (Å²) < 4.78 is 0. The van der Waals surface area contributed by atoms with Gasteiger partial charge in [0.05, 0.1) is 0 Å². The summed E-state index contributed by atoms with van der Waals surface area (Å²) >= 11 is 0. The van der Waals surface area contributed by atoms with Crippen LogP contribution >= 0.6 is 0 Å². The lowest BCUT2D eigenvalue weighted by Crippen LogP contribution is -2.42. The van der Waals surface area contributed by atoms with Crippen LogP contribution in [-0.4, -0.2) is 30.2 Å². The zero-order valence-electron chi connectivity index (χ0n) is 12.1. The van der Waals surface area contributed by atoms with Gasteiger partial charge in [0.15, 0.2) is 5.96 Å². The van der Waals surface area contributed by atoms with E-state index in [1.54, 1.807) is 12.1 Å². The molecule has 1 atom stereocenters. The number of guanidine groups is 1. The molecule has 19 heavy (non-hydrogen) atoms. The molecule has 0 fully saturated rings. The van der Waals surface area contributed by atoms with Crippen molar-refractivity contribution in [3.8, 4) is 5.75 Å². The average Bonchev–Trinajstić information content (AvgIpc) is 2.39. The number of phenolic OH excluding ortho intramolecular Hbond substituents is 1. The minimum Gasteiger partial charge on any atom is -0.508 e.